The van der Waals surface area contributed by atoms with E-state index in [1.165, 1.54) is 19.1 Å². The van der Waals surface area contributed by atoms with E-state index in [0.717, 1.165) is 24.8 Å². The van der Waals surface area contributed by atoms with E-state index in [1.54, 1.807) is 6.07 Å². The van der Waals surface area contributed by atoms with Gasteiger partial charge in [-0.3, -0.25) is 4.79 Å². The third-order valence-corrected chi connectivity index (χ3v) is 5.00. The summed E-state index contributed by atoms with van der Waals surface area (Å²) in [4.78, 5) is 11.9. The number of aryl methyl sites for hydroxylation is 1. The molecular formula is C14H21N3O3S. The molecule has 0 radical (unpaired) electrons. The van der Waals surface area contributed by atoms with Crippen molar-refractivity contribution < 1.29 is 13.2 Å². The van der Waals surface area contributed by atoms with Gasteiger partial charge in [0.25, 0.3) is 0 Å². The fourth-order valence-electron chi connectivity index (χ4n) is 1.97. The van der Waals surface area contributed by atoms with E-state index in [2.05, 4.69) is 10.0 Å². The predicted molar refractivity (Wildman–Crippen MR) is 81.2 cm³/mol. The molecule has 1 aromatic rings. The van der Waals surface area contributed by atoms with Gasteiger partial charge in [-0.2, -0.15) is 4.72 Å². The summed E-state index contributed by atoms with van der Waals surface area (Å²) in [5.41, 5.74) is 7.16. The van der Waals surface area contributed by atoms with Crippen LogP contribution in [0, 0.1) is 0 Å². The van der Waals surface area contributed by atoms with Crippen molar-refractivity contribution in [2.24, 2.45) is 0 Å². The zero-order chi connectivity index (χ0) is 15.6. The number of nitrogens with one attached hydrogen (secondary N) is 2. The van der Waals surface area contributed by atoms with Crippen LogP contribution in [-0.4, -0.2) is 26.4 Å². The second kappa shape index (κ2) is 6.03. The van der Waals surface area contributed by atoms with Crippen LogP contribution >= 0.6 is 0 Å². The number of nitrogen functional groups attached to an aromatic ring is 1. The fourth-order valence-corrected chi connectivity index (χ4v) is 3.21. The Bertz CT molecular complexity index is 639. The van der Waals surface area contributed by atoms with Crippen molar-refractivity contribution >= 4 is 21.6 Å². The van der Waals surface area contributed by atoms with Crippen molar-refractivity contribution in [2.75, 3.05) is 5.73 Å². The van der Waals surface area contributed by atoms with Crippen LogP contribution in [-0.2, 0) is 21.2 Å². The van der Waals surface area contributed by atoms with Crippen LogP contribution in [0.3, 0.4) is 0 Å². The average Bonchev–Trinajstić information content (AvgIpc) is 3.22. The largest absolute Gasteiger partial charge is 0.398 e. The molecule has 0 aliphatic heterocycles. The second-order valence-corrected chi connectivity index (χ2v) is 7.05. The van der Waals surface area contributed by atoms with Crippen LogP contribution in [0.5, 0.6) is 0 Å². The molecule has 1 amide bonds. The van der Waals surface area contributed by atoms with Gasteiger partial charge in [-0.25, -0.2) is 8.42 Å². The van der Waals surface area contributed by atoms with E-state index in [4.69, 9.17) is 5.73 Å². The Morgan fingerprint density at radius 1 is 1.43 bits per heavy atom. The van der Waals surface area contributed by atoms with Crippen LogP contribution in [0.15, 0.2) is 23.1 Å². The lowest BCUT2D eigenvalue weighted by Gasteiger charge is -2.15. The molecule has 1 saturated carbocycles. The Kier molecular flexibility index (Phi) is 4.53. The smallest absolute Gasteiger partial charge is 0.241 e. The number of amides is 1. The molecule has 7 heteroatoms. The number of anilines is 1. The summed E-state index contributed by atoms with van der Waals surface area (Å²) in [6.07, 6.45) is 2.65. The van der Waals surface area contributed by atoms with E-state index in [0.29, 0.717) is 5.69 Å². The van der Waals surface area contributed by atoms with Crippen LogP contribution in [0.1, 0.15) is 32.3 Å². The molecule has 0 aromatic heterocycles. The molecule has 2 rings (SSSR count). The molecule has 21 heavy (non-hydrogen) atoms. The maximum Gasteiger partial charge on any atom is 0.241 e. The molecular weight excluding hydrogens is 290 g/mol. The lowest BCUT2D eigenvalue weighted by molar-refractivity contribution is -0.122. The molecule has 116 valence electrons. The summed E-state index contributed by atoms with van der Waals surface area (Å²) in [5.74, 6) is -0.306. The first-order chi connectivity index (χ1) is 9.83. The topological polar surface area (TPSA) is 101 Å². The number of hydrogen-bond acceptors (Lipinski definition) is 4. The van der Waals surface area contributed by atoms with Crippen molar-refractivity contribution in [3.8, 4) is 0 Å². The van der Waals surface area contributed by atoms with Crippen LogP contribution in [0.2, 0.25) is 0 Å². The summed E-state index contributed by atoms with van der Waals surface area (Å²) in [6, 6.07) is 4.00. The number of nitrogens with two attached hydrogens (primary N) is 1. The van der Waals surface area contributed by atoms with Gasteiger partial charge in [0, 0.05) is 11.7 Å². The number of benzene rings is 1. The zero-order valence-corrected chi connectivity index (χ0v) is 13.0. The van der Waals surface area contributed by atoms with E-state index in [9.17, 15) is 13.2 Å². The van der Waals surface area contributed by atoms with E-state index >= 15 is 0 Å². The monoisotopic (exact) mass is 311 g/mol. The SMILES string of the molecule is CCc1ccc(S(=O)(=O)NC(C)C(=O)NC2CC2)cc1N. The van der Waals surface area contributed by atoms with Crippen molar-refractivity contribution in [3.05, 3.63) is 23.8 Å². The first-order valence-corrected chi connectivity index (χ1v) is 8.53. The lowest BCUT2D eigenvalue weighted by Crippen LogP contribution is -2.45. The Balaban J connectivity index is 2.09. The summed E-state index contributed by atoms with van der Waals surface area (Å²) in [6.45, 7) is 3.47. The maximum atomic E-state index is 12.3. The molecule has 0 spiro atoms. The molecule has 0 saturated heterocycles. The molecule has 0 heterocycles. The van der Waals surface area contributed by atoms with Crippen molar-refractivity contribution in [1.29, 1.82) is 0 Å². The summed E-state index contributed by atoms with van der Waals surface area (Å²) >= 11 is 0. The van der Waals surface area contributed by atoms with Gasteiger partial charge in [0.15, 0.2) is 0 Å². The summed E-state index contributed by atoms with van der Waals surface area (Å²) in [7, 11) is -3.76. The molecule has 1 atom stereocenters. The number of rotatable bonds is 6. The van der Waals surface area contributed by atoms with E-state index in [1.807, 2.05) is 6.92 Å². The van der Waals surface area contributed by atoms with E-state index < -0.39 is 16.1 Å². The van der Waals surface area contributed by atoms with Gasteiger partial charge < -0.3 is 11.1 Å². The molecule has 1 fully saturated rings. The first-order valence-electron chi connectivity index (χ1n) is 7.04. The van der Waals surface area contributed by atoms with Crippen molar-refractivity contribution in [2.45, 2.75) is 50.1 Å². The lowest BCUT2D eigenvalue weighted by atomic mass is 10.1. The molecule has 1 aliphatic carbocycles. The minimum atomic E-state index is -3.76. The highest BCUT2D eigenvalue weighted by atomic mass is 32.2. The minimum Gasteiger partial charge on any atom is -0.398 e. The third kappa shape index (κ3) is 3.95. The van der Waals surface area contributed by atoms with Crippen LogP contribution in [0.4, 0.5) is 5.69 Å². The Morgan fingerprint density at radius 2 is 2.10 bits per heavy atom. The second-order valence-electron chi connectivity index (χ2n) is 5.34. The molecule has 1 aromatic carbocycles. The van der Waals surface area contributed by atoms with Gasteiger partial charge in [0.1, 0.15) is 0 Å². The number of hydrogen-bond donors (Lipinski definition) is 3. The number of sulfonamides is 1. The molecule has 0 bridgehead atoms. The first kappa shape index (κ1) is 15.8. The normalized spacial score (nSPS) is 16.5. The molecule has 1 aliphatic rings. The van der Waals surface area contributed by atoms with Crippen LogP contribution in [0.25, 0.3) is 0 Å². The Hall–Kier alpha value is -1.60. The number of carbonyl (C=O) groups excluding carboxylic acids is 1. The minimum absolute atomic E-state index is 0.0725. The van der Waals surface area contributed by atoms with Gasteiger partial charge in [-0.1, -0.05) is 13.0 Å². The van der Waals surface area contributed by atoms with Gasteiger partial charge >= 0.3 is 0 Å². The number of carbonyl (C=O) groups is 1. The van der Waals surface area contributed by atoms with Crippen LogP contribution < -0.4 is 15.8 Å². The fraction of sp³-hybridized carbons (Fsp3) is 0.500. The molecule has 4 N–H and O–H groups in total. The third-order valence-electron chi connectivity index (χ3n) is 3.46. The summed E-state index contributed by atoms with van der Waals surface area (Å²) in [5, 5.41) is 2.77. The molecule has 1 unspecified atom stereocenters. The predicted octanol–water partition coefficient (Wildman–Crippen LogP) is 0.777. The van der Waals surface area contributed by atoms with Gasteiger partial charge in [0.2, 0.25) is 15.9 Å². The Labute approximate surface area is 125 Å². The molecule has 6 nitrogen and oxygen atoms in total. The quantitative estimate of drug-likeness (QED) is 0.676. The Morgan fingerprint density at radius 3 is 2.62 bits per heavy atom. The standard InChI is InChI=1S/C14H21N3O3S/c1-3-10-4-7-12(8-13(10)15)21(19,20)17-9(2)14(18)16-11-5-6-11/h4,7-9,11,17H,3,5-6,15H2,1-2H3,(H,16,18). The van der Waals surface area contributed by atoms with Gasteiger partial charge in [0.05, 0.1) is 10.9 Å². The van der Waals surface area contributed by atoms with Gasteiger partial charge in [-0.15, -0.1) is 0 Å². The summed E-state index contributed by atoms with van der Waals surface area (Å²) < 4.78 is 26.9. The van der Waals surface area contributed by atoms with Crippen molar-refractivity contribution in [1.82, 2.24) is 10.0 Å². The van der Waals surface area contributed by atoms with Gasteiger partial charge in [-0.05, 0) is 43.9 Å². The maximum absolute atomic E-state index is 12.3. The zero-order valence-electron chi connectivity index (χ0n) is 12.2. The average molecular weight is 311 g/mol. The highest BCUT2D eigenvalue weighted by Gasteiger charge is 2.28. The highest BCUT2D eigenvalue weighted by Crippen LogP contribution is 2.20. The highest BCUT2D eigenvalue weighted by molar-refractivity contribution is 7.89. The van der Waals surface area contributed by atoms with Crippen molar-refractivity contribution in [3.63, 3.8) is 0 Å². The van der Waals surface area contributed by atoms with E-state index in [-0.39, 0.29) is 16.8 Å².